The van der Waals surface area contributed by atoms with Gasteiger partial charge in [0.25, 0.3) is 0 Å². The molecule has 6 nitrogen and oxygen atoms in total. The molecule has 0 fully saturated rings. The van der Waals surface area contributed by atoms with Crippen LogP contribution in [-0.4, -0.2) is 26.0 Å². The van der Waals surface area contributed by atoms with Crippen molar-refractivity contribution in [2.24, 2.45) is 0 Å². The Kier molecular flexibility index (Phi) is 7.43. The van der Waals surface area contributed by atoms with Gasteiger partial charge in [-0.2, -0.15) is 0 Å². The number of esters is 1. The predicted molar refractivity (Wildman–Crippen MR) is 116 cm³/mol. The van der Waals surface area contributed by atoms with Gasteiger partial charge in [-0.25, -0.2) is 4.79 Å². The number of ether oxygens (including phenoxy) is 3. The minimum Gasteiger partial charge on any atom is -0.503 e. The van der Waals surface area contributed by atoms with Gasteiger partial charge in [-0.3, -0.25) is 4.79 Å². The summed E-state index contributed by atoms with van der Waals surface area (Å²) in [4.78, 5) is 24.6. The number of carbonyl (C=O) groups excluding carboxylic acids is 2. The van der Waals surface area contributed by atoms with Crippen molar-refractivity contribution in [1.29, 1.82) is 0 Å². The van der Waals surface area contributed by atoms with E-state index in [-0.39, 0.29) is 18.0 Å². The minimum atomic E-state index is -0.509. The zero-order valence-electron chi connectivity index (χ0n) is 17.2. The third-order valence-electron chi connectivity index (χ3n) is 4.40. The molecular formula is C25H22O6. The Morgan fingerprint density at radius 1 is 1.00 bits per heavy atom. The van der Waals surface area contributed by atoms with Crippen LogP contribution in [0.5, 0.6) is 5.75 Å². The third kappa shape index (κ3) is 5.73. The van der Waals surface area contributed by atoms with Crippen LogP contribution in [-0.2, 0) is 20.9 Å². The Labute approximate surface area is 180 Å². The lowest BCUT2D eigenvalue weighted by atomic mass is 10.0. The van der Waals surface area contributed by atoms with E-state index in [0.29, 0.717) is 22.6 Å². The number of carbonyl (C=O) groups is 2. The zero-order valence-corrected chi connectivity index (χ0v) is 17.2. The fraction of sp³-hybridized carbons (Fsp3) is 0.120. The molecule has 158 valence electrons. The molecule has 0 aliphatic heterocycles. The van der Waals surface area contributed by atoms with Crippen LogP contribution in [0.1, 0.15) is 27.2 Å². The van der Waals surface area contributed by atoms with Crippen molar-refractivity contribution in [3.63, 3.8) is 0 Å². The first-order chi connectivity index (χ1) is 15.1. The molecule has 3 rings (SSSR count). The van der Waals surface area contributed by atoms with E-state index in [1.165, 1.54) is 26.6 Å². The van der Waals surface area contributed by atoms with Crippen molar-refractivity contribution in [1.82, 2.24) is 0 Å². The van der Waals surface area contributed by atoms with Gasteiger partial charge in [-0.05, 0) is 47.5 Å². The van der Waals surface area contributed by atoms with E-state index < -0.39 is 5.97 Å². The maximum atomic E-state index is 12.4. The minimum absolute atomic E-state index is 0.168. The van der Waals surface area contributed by atoms with Crippen LogP contribution in [0, 0.1) is 0 Å². The lowest BCUT2D eigenvalue weighted by molar-refractivity contribution is -0.133. The highest BCUT2D eigenvalue weighted by Gasteiger charge is 2.17. The molecule has 1 heterocycles. The number of methoxy groups -OCH3 is 2. The van der Waals surface area contributed by atoms with Crippen LogP contribution in [0.4, 0.5) is 0 Å². The molecule has 0 atom stereocenters. The molecule has 3 aromatic rings. The molecule has 0 bridgehead atoms. The standard InChI is InChI=1S/C25H22O6/c1-28-17-23(25(27)29-2)22-11-4-3-7-19(22)16-31-21-9-5-8-18(15-21)24(26)13-12-20-10-6-14-30-20/h3-15,17H,16H2,1-2H3/b13-12+,23-17+. The van der Waals surface area contributed by atoms with E-state index in [9.17, 15) is 9.59 Å². The summed E-state index contributed by atoms with van der Waals surface area (Å²) in [7, 11) is 2.78. The molecule has 0 spiro atoms. The Bertz CT molecular complexity index is 1090. The van der Waals surface area contributed by atoms with E-state index in [1.807, 2.05) is 18.2 Å². The first-order valence-electron chi connectivity index (χ1n) is 9.50. The normalized spacial score (nSPS) is 11.4. The largest absolute Gasteiger partial charge is 0.503 e. The summed E-state index contributed by atoms with van der Waals surface area (Å²) in [6.07, 6.45) is 5.95. The first-order valence-corrected chi connectivity index (χ1v) is 9.50. The van der Waals surface area contributed by atoms with Gasteiger partial charge in [0.05, 0.1) is 26.7 Å². The van der Waals surface area contributed by atoms with Gasteiger partial charge in [0.2, 0.25) is 0 Å². The summed E-state index contributed by atoms with van der Waals surface area (Å²) in [5.74, 6) is 0.453. The Hall–Kier alpha value is -4.06. The molecule has 0 saturated heterocycles. The van der Waals surface area contributed by atoms with Crippen molar-refractivity contribution in [2.45, 2.75) is 6.61 Å². The lowest BCUT2D eigenvalue weighted by Crippen LogP contribution is -2.08. The Morgan fingerprint density at radius 3 is 2.58 bits per heavy atom. The van der Waals surface area contributed by atoms with Crippen molar-refractivity contribution >= 4 is 23.4 Å². The van der Waals surface area contributed by atoms with Crippen LogP contribution in [0.2, 0.25) is 0 Å². The second-order valence-corrected chi connectivity index (χ2v) is 6.45. The van der Waals surface area contributed by atoms with E-state index >= 15 is 0 Å². The van der Waals surface area contributed by atoms with E-state index in [0.717, 1.165) is 5.56 Å². The summed E-state index contributed by atoms with van der Waals surface area (Å²) in [5.41, 5.74) is 2.19. The van der Waals surface area contributed by atoms with Gasteiger partial charge in [-0.15, -0.1) is 0 Å². The highest BCUT2D eigenvalue weighted by atomic mass is 16.5. The van der Waals surface area contributed by atoms with Crippen LogP contribution in [0.15, 0.2) is 83.7 Å². The number of furan rings is 1. The molecule has 0 aliphatic rings. The van der Waals surface area contributed by atoms with Crippen molar-refractivity contribution in [3.8, 4) is 5.75 Å². The van der Waals surface area contributed by atoms with E-state index in [2.05, 4.69) is 0 Å². The van der Waals surface area contributed by atoms with Gasteiger partial charge in [0.15, 0.2) is 5.78 Å². The van der Waals surface area contributed by atoms with Gasteiger partial charge in [0.1, 0.15) is 23.7 Å². The van der Waals surface area contributed by atoms with Crippen molar-refractivity contribution < 1.29 is 28.2 Å². The Balaban J connectivity index is 1.75. The molecule has 0 aliphatic carbocycles. The number of hydrogen-bond donors (Lipinski definition) is 0. The smallest absolute Gasteiger partial charge is 0.341 e. The van der Waals surface area contributed by atoms with Gasteiger partial charge in [0, 0.05) is 5.56 Å². The number of hydrogen-bond acceptors (Lipinski definition) is 6. The van der Waals surface area contributed by atoms with Crippen LogP contribution in [0.25, 0.3) is 11.6 Å². The summed E-state index contributed by atoms with van der Waals surface area (Å²) in [6.45, 7) is 0.189. The fourth-order valence-electron chi connectivity index (χ4n) is 2.90. The number of ketones is 1. The molecule has 2 aromatic carbocycles. The second-order valence-electron chi connectivity index (χ2n) is 6.45. The van der Waals surface area contributed by atoms with E-state index in [4.69, 9.17) is 18.6 Å². The molecule has 1 aromatic heterocycles. The second kappa shape index (κ2) is 10.6. The highest BCUT2D eigenvalue weighted by molar-refractivity contribution is 6.16. The lowest BCUT2D eigenvalue weighted by Gasteiger charge is -2.13. The van der Waals surface area contributed by atoms with Crippen molar-refractivity contribution in [2.75, 3.05) is 14.2 Å². The van der Waals surface area contributed by atoms with Gasteiger partial charge < -0.3 is 18.6 Å². The summed E-state index contributed by atoms with van der Waals surface area (Å²) >= 11 is 0. The molecule has 0 N–H and O–H groups in total. The highest BCUT2D eigenvalue weighted by Crippen LogP contribution is 2.23. The summed E-state index contributed by atoms with van der Waals surface area (Å²) in [6, 6.07) is 17.7. The fourth-order valence-corrected chi connectivity index (χ4v) is 2.90. The molecule has 0 unspecified atom stereocenters. The SMILES string of the molecule is CO/C=C(/C(=O)OC)c1ccccc1COc1cccc(C(=O)/C=C/c2ccco2)c1. The average Bonchev–Trinajstić information content (AvgIpc) is 3.33. The Morgan fingerprint density at radius 2 is 1.84 bits per heavy atom. The third-order valence-corrected chi connectivity index (χ3v) is 4.40. The first kappa shape index (κ1) is 21.6. The maximum absolute atomic E-state index is 12.4. The molecular weight excluding hydrogens is 396 g/mol. The topological polar surface area (TPSA) is 75.0 Å². The number of benzene rings is 2. The number of allylic oxidation sites excluding steroid dienone is 1. The summed E-state index contributed by atoms with van der Waals surface area (Å²) < 4.78 is 21.0. The van der Waals surface area contributed by atoms with Gasteiger partial charge in [-0.1, -0.05) is 36.4 Å². The maximum Gasteiger partial charge on any atom is 0.341 e. The number of rotatable bonds is 9. The molecule has 31 heavy (non-hydrogen) atoms. The molecule has 0 amide bonds. The molecule has 0 radical (unpaired) electrons. The monoisotopic (exact) mass is 418 g/mol. The molecule has 6 heteroatoms. The summed E-state index contributed by atoms with van der Waals surface area (Å²) in [5, 5.41) is 0. The quantitative estimate of drug-likeness (QED) is 0.213. The zero-order chi connectivity index (χ0) is 22.1. The van der Waals surface area contributed by atoms with Crippen LogP contribution in [0.3, 0.4) is 0 Å². The predicted octanol–water partition coefficient (Wildman–Crippen LogP) is 4.92. The van der Waals surface area contributed by atoms with Gasteiger partial charge >= 0.3 is 5.97 Å². The molecule has 0 saturated carbocycles. The van der Waals surface area contributed by atoms with Crippen molar-refractivity contribution in [3.05, 3.63) is 102 Å². The van der Waals surface area contributed by atoms with Crippen LogP contribution >= 0.6 is 0 Å². The average molecular weight is 418 g/mol. The van der Waals surface area contributed by atoms with E-state index in [1.54, 1.807) is 54.8 Å². The van der Waals surface area contributed by atoms with Crippen LogP contribution < -0.4 is 4.74 Å².